The van der Waals surface area contributed by atoms with Gasteiger partial charge in [-0.2, -0.15) is 0 Å². The average Bonchev–Trinajstić information content (AvgIpc) is 3.44. The molecule has 0 aliphatic carbocycles. The molecule has 0 spiro atoms. The lowest BCUT2D eigenvalue weighted by atomic mass is 9.78. The van der Waals surface area contributed by atoms with Crippen LogP contribution in [0.25, 0.3) is 10.4 Å². The van der Waals surface area contributed by atoms with Crippen molar-refractivity contribution >= 4 is 42.2 Å². The van der Waals surface area contributed by atoms with E-state index in [4.69, 9.17) is 29.2 Å². The second kappa shape index (κ2) is 21.2. The summed E-state index contributed by atoms with van der Waals surface area (Å²) >= 11 is 3.61. The number of amides is 1. The van der Waals surface area contributed by atoms with Gasteiger partial charge in [0, 0.05) is 47.6 Å². The molecule has 324 valence electrons. The fraction of sp³-hybridized carbons (Fsp3) is 0.780. The number of azide groups is 1. The van der Waals surface area contributed by atoms with E-state index in [1.165, 1.54) is 6.92 Å². The number of ether oxygens (including phenoxy) is 5. The third kappa shape index (κ3) is 11.2. The molecule has 1 aromatic rings. The molecule has 1 aromatic carbocycles. The third-order valence-corrected chi connectivity index (χ3v) is 13.7. The quantitative estimate of drug-likeness (QED) is 0.0398. The molecule has 0 bridgehead atoms. The number of hydrogen-bond acceptors (Lipinski definition) is 12. The number of esters is 1. The first-order valence-electron chi connectivity index (χ1n) is 20.5. The van der Waals surface area contributed by atoms with Gasteiger partial charge in [-0.3, -0.25) is 19.1 Å². The molecule has 0 saturated carbocycles. The number of carbonyl (C=O) groups is 3. The Morgan fingerprint density at radius 2 is 1.88 bits per heavy atom. The molecule has 4 rings (SSSR count). The molecule has 13 atom stereocenters. The lowest BCUT2D eigenvalue weighted by Gasteiger charge is -2.46. The summed E-state index contributed by atoms with van der Waals surface area (Å²) in [5, 5.41) is 7.48. The van der Waals surface area contributed by atoms with Crippen LogP contribution in [0.3, 0.4) is 0 Å². The number of cyclic esters (lactones) is 1. The highest BCUT2D eigenvalue weighted by molar-refractivity contribution is 9.10. The van der Waals surface area contributed by atoms with Gasteiger partial charge in [0.05, 0.1) is 23.9 Å². The van der Waals surface area contributed by atoms with Crippen molar-refractivity contribution in [1.29, 1.82) is 0 Å². The number of nitrogens with one attached hydrogen (secondary N) is 1. The number of benzene rings is 1. The van der Waals surface area contributed by atoms with E-state index in [9.17, 15) is 18.9 Å². The van der Waals surface area contributed by atoms with Crippen molar-refractivity contribution in [1.82, 2.24) is 15.1 Å². The van der Waals surface area contributed by atoms with Crippen LogP contribution in [0, 0.1) is 17.8 Å². The van der Waals surface area contributed by atoms with E-state index in [0.717, 1.165) is 10.0 Å². The maximum Gasteiger partial charge on any atom is 0.410 e. The van der Waals surface area contributed by atoms with Crippen LogP contribution in [-0.4, -0.2) is 128 Å². The van der Waals surface area contributed by atoms with Gasteiger partial charge in [-0.15, -0.1) is 0 Å². The lowest BCUT2D eigenvalue weighted by molar-refractivity contribution is -0.260. The summed E-state index contributed by atoms with van der Waals surface area (Å²) in [7, 11) is 5.31. The van der Waals surface area contributed by atoms with E-state index < -0.39 is 71.1 Å². The molecule has 15 nitrogen and oxygen atoms in total. The van der Waals surface area contributed by atoms with Crippen molar-refractivity contribution in [3.63, 3.8) is 0 Å². The van der Waals surface area contributed by atoms with Gasteiger partial charge in [0.15, 0.2) is 26.1 Å². The van der Waals surface area contributed by atoms with Crippen LogP contribution in [0.1, 0.15) is 86.1 Å². The van der Waals surface area contributed by atoms with Crippen molar-refractivity contribution in [3.05, 3.63) is 44.7 Å². The normalized spacial score (nSPS) is 36.7. The molecule has 3 aliphatic heterocycles. The van der Waals surface area contributed by atoms with Gasteiger partial charge in [-0.1, -0.05) is 53.9 Å². The standard InChI is InChI=1S/C41H64BrN6O9P/c1-11-32-41(7)35(48(39(51)57-41)18-13-12-17-45-46-43)30(21-28-15-14-16-29(42)20-28)44-23-24(2)22-40(6,53-10)36(26(4)33(49)27(5)37(50)55-32)56-38-34(58-52)31(47(8)9)19-25(3)54-38/h14-16,20,24-27,30-32,34-36,38,44H,11-13,17-19,21-23H2,1-10H3/t24-,25?,26+,27-,30-,31?,32-,34?,35-,36-,38+,40-,41-/m1/s1. The molecule has 17 heteroatoms. The SMILES string of the molecule is CC[C@H]1OC(=O)[C@H](C)C(=O)[C@H](C)[C@@H](O[C@@H]2OC(C)CC(N(C)C)C2P=O)[C@](C)(OC)C[C@@H](C)CN[C@H](Cc2cccc(Br)c2)[C@H]2N(CCCCN=[N+]=[N-])C(=O)O[C@]12C. The second-order valence-corrected chi connectivity index (χ2v) is 18.7. The Morgan fingerprint density at radius 3 is 2.50 bits per heavy atom. The summed E-state index contributed by atoms with van der Waals surface area (Å²) in [5.41, 5.74) is 6.90. The van der Waals surface area contributed by atoms with E-state index in [2.05, 4.69) is 38.2 Å². The van der Waals surface area contributed by atoms with E-state index in [1.807, 2.05) is 71.0 Å². The summed E-state index contributed by atoms with van der Waals surface area (Å²) in [6.45, 7) is 14.0. The second-order valence-electron chi connectivity index (χ2n) is 17.0. The summed E-state index contributed by atoms with van der Waals surface area (Å²) in [6, 6.07) is 6.88. The maximum atomic E-state index is 14.5. The van der Waals surface area contributed by atoms with E-state index in [-0.39, 0.29) is 32.6 Å². The minimum absolute atomic E-state index is 0.0681. The Hall–Kier alpha value is -2.68. The molecule has 3 fully saturated rings. The van der Waals surface area contributed by atoms with Crippen LogP contribution in [-0.2, 0) is 44.3 Å². The first kappa shape index (κ1) is 48.0. The van der Waals surface area contributed by atoms with Gasteiger partial charge in [-0.05, 0) is 116 Å². The number of ketones is 1. The van der Waals surface area contributed by atoms with Crippen LogP contribution in [0.2, 0.25) is 0 Å². The maximum absolute atomic E-state index is 14.5. The highest BCUT2D eigenvalue weighted by atomic mass is 79.9. The minimum atomic E-state index is -1.31. The number of carbonyl (C=O) groups excluding carboxylic acids is 3. The molecule has 0 radical (unpaired) electrons. The molecule has 1 N–H and O–H groups in total. The average molecular weight is 896 g/mol. The number of fused-ring (bicyclic) bond motifs is 1. The van der Waals surface area contributed by atoms with Gasteiger partial charge in [0.2, 0.25) is 0 Å². The van der Waals surface area contributed by atoms with Crippen LogP contribution < -0.4 is 5.32 Å². The number of hydrogen-bond donors (Lipinski definition) is 1. The van der Waals surface area contributed by atoms with Gasteiger partial charge < -0.3 is 33.9 Å². The van der Waals surface area contributed by atoms with Gasteiger partial charge in [-0.25, -0.2) is 4.79 Å². The van der Waals surface area contributed by atoms with E-state index in [0.29, 0.717) is 58.2 Å². The highest BCUT2D eigenvalue weighted by Crippen LogP contribution is 2.41. The monoisotopic (exact) mass is 894 g/mol. The highest BCUT2D eigenvalue weighted by Gasteiger charge is 2.59. The number of unbranched alkanes of at least 4 members (excludes halogenated alkanes) is 1. The summed E-state index contributed by atoms with van der Waals surface area (Å²) in [6.07, 6.45) is -0.462. The number of methoxy groups -OCH3 is 1. The van der Waals surface area contributed by atoms with Gasteiger partial charge in [0.1, 0.15) is 17.7 Å². The van der Waals surface area contributed by atoms with Crippen LogP contribution in [0.4, 0.5) is 4.79 Å². The fourth-order valence-electron chi connectivity index (χ4n) is 9.21. The molecule has 3 heterocycles. The van der Waals surface area contributed by atoms with Crippen molar-refractivity contribution < 1.29 is 42.6 Å². The van der Waals surface area contributed by atoms with Crippen molar-refractivity contribution in [2.75, 3.05) is 40.8 Å². The van der Waals surface area contributed by atoms with Crippen molar-refractivity contribution in [2.45, 2.75) is 147 Å². The van der Waals surface area contributed by atoms with Gasteiger partial charge >= 0.3 is 12.1 Å². The number of halogens is 1. The number of rotatable bonds is 13. The molecule has 3 saturated heterocycles. The van der Waals surface area contributed by atoms with E-state index in [1.54, 1.807) is 18.9 Å². The molecular weight excluding hydrogens is 831 g/mol. The summed E-state index contributed by atoms with van der Waals surface area (Å²) < 4.78 is 45.7. The van der Waals surface area contributed by atoms with E-state index >= 15 is 0 Å². The predicted octanol–water partition coefficient (Wildman–Crippen LogP) is 7.34. The first-order chi connectivity index (χ1) is 27.4. The number of nitrogens with zero attached hydrogens (tertiary/aromatic N) is 5. The molecule has 0 aromatic heterocycles. The minimum Gasteiger partial charge on any atom is -0.458 e. The zero-order valence-corrected chi connectivity index (χ0v) is 38.2. The molecular formula is C41H64BrN6O9P. The summed E-state index contributed by atoms with van der Waals surface area (Å²) in [4.78, 5) is 49.2. The van der Waals surface area contributed by atoms with Crippen LogP contribution in [0.5, 0.6) is 0 Å². The third-order valence-electron chi connectivity index (χ3n) is 12.3. The zero-order valence-electron chi connectivity index (χ0n) is 35.8. The smallest absolute Gasteiger partial charge is 0.410 e. The largest absolute Gasteiger partial charge is 0.458 e. The molecule has 58 heavy (non-hydrogen) atoms. The topological polar surface area (TPSA) is 182 Å². The predicted molar refractivity (Wildman–Crippen MR) is 224 cm³/mol. The Labute approximate surface area is 353 Å². The number of Topliss-reactive ketones (excluding diaryl/α,β-unsaturated/α-hetero) is 1. The first-order valence-corrected chi connectivity index (χ1v) is 22.2. The zero-order chi connectivity index (χ0) is 42.9. The van der Waals surface area contributed by atoms with Crippen molar-refractivity contribution in [2.24, 2.45) is 22.9 Å². The Kier molecular flexibility index (Phi) is 17.6. The van der Waals surface area contributed by atoms with Crippen molar-refractivity contribution in [3.8, 4) is 0 Å². The molecule has 3 unspecified atom stereocenters. The molecule has 1 amide bonds. The van der Waals surface area contributed by atoms with Crippen LogP contribution in [0.15, 0.2) is 33.9 Å². The van der Waals surface area contributed by atoms with Crippen LogP contribution >= 0.6 is 24.4 Å². The Balaban J connectivity index is 1.82. The lowest BCUT2D eigenvalue weighted by Crippen LogP contribution is -2.62. The Bertz CT molecular complexity index is 1640. The van der Waals surface area contributed by atoms with Gasteiger partial charge in [0.25, 0.3) is 0 Å². The summed E-state index contributed by atoms with van der Waals surface area (Å²) in [5.74, 6) is -3.30. The molecule has 3 aliphatic rings. The Morgan fingerprint density at radius 1 is 1.16 bits per heavy atom. The fourth-order valence-corrected chi connectivity index (χ4v) is 10.4.